The van der Waals surface area contributed by atoms with E-state index < -0.39 is 0 Å². The molecule has 1 fully saturated rings. The largest absolute Gasteiger partial charge is 0.338 e. The predicted octanol–water partition coefficient (Wildman–Crippen LogP) is 1.67. The molecule has 108 valence electrons. The van der Waals surface area contributed by atoms with Crippen LogP contribution in [0, 0.1) is 5.92 Å². The molecule has 0 amide bonds. The van der Waals surface area contributed by atoms with Gasteiger partial charge in [0, 0.05) is 45.0 Å². The Labute approximate surface area is 117 Å². The van der Waals surface area contributed by atoms with Crippen molar-refractivity contribution in [3.63, 3.8) is 0 Å². The second kappa shape index (κ2) is 7.06. The Bertz CT molecular complexity index is 366. The van der Waals surface area contributed by atoms with Gasteiger partial charge in [0.1, 0.15) is 5.82 Å². The number of aromatic nitrogens is 2. The van der Waals surface area contributed by atoms with Gasteiger partial charge in [0.05, 0.1) is 0 Å². The summed E-state index contributed by atoms with van der Waals surface area (Å²) in [6.45, 7) is 9.31. The van der Waals surface area contributed by atoms with Crippen LogP contribution in [0.5, 0.6) is 0 Å². The molecule has 1 aliphatic rings. The van der Waals surface area contributed by atoms with Crippen LogP contribution in [-0.2, 0) is 13.5 Å². The molecule has 0 radical (unpaired) electrons. The Morgan fingerprint density at radius 1 is 1.53 bits per heavy atom. The second-order valence-electron chi connectivity index (χ2n) is 6.01. The molecule has 0 aromatic carbocycles. The number of hydrogen-bond donors (Lipinski definition) is 1. The van der Waals surface area contributed by atoms with Gasteiger partial charge in [-0.3, -0.25) is 0 Å². The van der Waals surface area contributed by atoms with Gasteiger partial charge >= 0.3 is 0 Å². The highest BCUT2D eigenvalue weighted by atomic mass is 15.2. The summed E-state index contributed by atoms with van der Waals surface area (Å²) in [7, 11) is 2.08. The van der Waals surface area contributed by atoms with Crippen molar-refractivity contribution in [3.05, 3.63) is 18.2 Å². The number of hydrogen-bond acceptors (Lipinski definition) is 3. The van der Waals surface area contributed by atoms with Crippen LogP contribution in [0.4, 0.5) is 0 Å². The van der Waals surface area contributed by atoms with Crippen molar-refractivity contribution in [2.24, 2.45) is 13.0 Å². The van der Waals surface area contributed by atoms with Crippen LogP contribution < -0.4 is 5.32 Å². The highest BCUT2D eigenvalue weighted by Crippen LogP contribution is 2.14. The van der Waals surface area contributed by atoms with Gasteiger partial charge < -0.3 is 14.8 Å². The van der Waals surface area contributed by atoms with E-state index in [4.69, 9.17) is 0 Å². The van der Waals surface area contributed by atoms with Crippen molar-refractivity contribution >= 4 is 0 Å². The van der Waals surface area contributed by atoms with E-state index in [0.29, 0.717) is 6.04 Å². The van der Waals surface area contributed by atoms with E-state index in [9.17, 15) is 0 Å². The first kappa shape index (κ1) is 14.5. The quantitative estimate of drug-likeness (QED) is 0.848. The maximum atomic E-state index is 4.42. The van der Waals surface area contributed by atoms with Crippen LogP contribution in [0.3, 0.4) is 0 Å². The molecule has 0 saturated carbocycles. The van der Waals surface area contributed by atoms with Crippen LogP contribution in [0.1, 0.15) is 32.5 Å². The molecule has 2 heterocycles. The lowest BCUT2D eigenvalue weighted by Crippen LogP contribution is -2.42. The maximum absolute atomic E-state index is 4.42. The van der Waals surface area contributed by atoms with E-state index in [-0.39, 0.29) is 0 Å². The maximum Gasteiger partial charge on any atom is 0.109 e. The Balaban J connectivity index is 1.83. The fourth-order valence-corrected chi connectivity index (χ4v) is 2.85. The molecule has 1 unspecified atom stereocenters. The molecule has 1 aromatic rings. The molecule has 1 aliphatic heterocycles. The van der Waals surface area contributed by atoms with Crippen molar-refractivity contribution in [2.75, 3.05) is 26.2 Å². The molecule has 19 heavy (non-hydrogen) atoms. The summed E-state index contributed by atoms with van der Waals surface area (Å²) in [5, 5.41) is 3.51. The van der Waals surface area contributed by atoms with Crippen molar-refractivity contribution in [3.8, 4) is 0 Å². The van der Waals surface area contributed by atoms with Gasteiger partial charge in [0.25, 0.3) is 0 Å². The first-order valence-electron chi connectivity index (χ1n) is 7.57. The summed E-state index contributed by atoms with van der Waals surface area (Å²) in [5.74, 6) is 2.00. The lowest BCUT2D eigenvalue weighted by atomic mass is 9.98. The Morgan fingerprint density at radius 3 is 2.95 bits per heavy atom. The van der Waals surface area contributed by atoms with Crippen LogP contribution in [0.25, 0.3) is 0 Å². The van der Waals surface area contributed by atoms with Gasteiger partial charge in [-0.2, -0.15) is 0 Å². The second-order valence-corrected chi connectivity index (χ2v) is 6.01. The summed E-state index contributed by atoms with van der Waals surface area (Å²) < 4.78 is 2.13. The molecule has 0 bridgehead atoms. The third-order valence-electron chi connectivity index (χ3n) is 4.17. The summed E-state index contributed by atoms with van der Waals surface area (Å²) in [6.07, 6.45) is 7.66. The summed E-state index contributed by atoms with van der Waals surface area (Å²) in [5.41, 5.74) is 0. The van der Waals surface area contributed by atoms with Crippen molar-refractivity contribution in [2.45, 2.75) is 39.2 Å². The number of nitrogens with one attached hydrogen (secondary N) is 1. The smallest absolute Gasteiger partial charge is 0.109 e. The van der Waals surface area contributed by atoms with Crippen molar-refractivity contribution in [1.29, 1.82) is 0 Å². The number of nitrogens with zero attached hydrogens (tertiary/aromatic N) is 3. The van der Waals surface area contributed by atoms with Crippen molar-refractivity contribution < 1.29 is 0 Å². The average Bonchev–Trinajstić information content (AvgIpc) is 2.81. The van der Waals surface area contributed by atoms with Crippen LogP contribution in [0.2, 0.25) is 0 Å². The zero-order valence-corrected chi connectivity index (χ0v) is 12.6. The Morgan fingerprint density at radius 2 is 2.37 bits per heavy atom. The SMILES string of the molecule is CC(C)N(CCc1nccn1C)CC1CCCNC1. The van der Waals surface area contributed by atoms with E-state index in [1.54, 1.807) is 0 Å². The zero-order valence-electron chi connectivity index (χ0n) is 12.6. The average molecular weight is 264 g/mol. The lowest BCUT2D eigenvalue weighted by Gasteiger charge is -2.32. The molecule has 4 nitrogen and oxygen atoms in total. The summed E-state index contributed by atoms with van der Waals surface area (Å²) in [6, 6.07) is 0.613. The third-order valence-corrected chi connectivity index (χ3v) is 4.17. The Kier molecular flexibility index (Phi) is 5.40. The number of aryl methyl sites for hydroxylation is 1. The molecule has 0 spiro atoms. The van der Waals surface area contributed by atoms with Gasteiger partial charge in [-0.1, -0.05) is 0 Å². The Hall–Kier alpha value is -0.870. The third kappa shape index (κ3) is 4.32. The fraction of sp³-hybridized carbons (Fsp3) is 0.800. The van der Waals surface area contributed by atoms with Crippen LogP contribution >= 0.6 is 0 Å². The van der Waals surface area contributed by atoms with E-state index in [0.717, 1.165) is 18.9 Å². The summed E-state index contributed by atoms with van der Waals surface area (Å²) in [4.78, 5) is 7.02. The highest BCUT2D eigenvalue weighted by molar-refractivity contribution is 4.92. The van der Waals surface area contributed by atoms with Crippen LogP contribution in [0.15, 0.2) is 12.4 Å². The first-order chi connectivity index (χ1) is 9.16. The van der Waals surface area contributed by atoms with Gasteiger partial charge in [-0.15, -0.1) is 0 Å². The fourth-order valence-electron chi connectivity index (χ4n) is 2.85. The number of imidazole rings is 1. The highest BCUT2D eigenvalue weighted by Gasteiger charge is 2.19. The van der Waals surface area contributed by atoms with E-state index >= 15 is 0 Å². The molecule has 1 N–H and O–H groups in total. The standard InChI is InChI=1S/C15H28N4/c1-13(2)19(12-14-5-4-7-16-11-14)9-6-15-17-8-10-18(15)3/h8,10,13-14,16H,4-7,9,11-12H2,1-3H3. The van der Waals surface area contributed by atoms with Crippen LogP contribution in [-0.4, -0.2) is 46.7 Å². The minimum atomic E-state index is 0.613. The van der Waals surface area contributed by atoms with Gasteiger partial charge in [-0.25, -0.2) is 4.98 Å². The minimum Gasteiger partial charge on any atom is -0.338 e. The normalized spacial score (nSPS) is 20.4. The monoisotopic (exact) mass is 264 g/mol. The zero-order chi connectivity index (χ0) is 13.7. The summed E-state index contributed by atoms with van der Waals surface area (Å²) >= 11 is 0. The molecule has 1 saturated heterocycles. The molecular formula is C15H28N4. The van der Waals surface area contributed by atoms with E-state index in [1.807, 2.05) is 12.4 Å². The molecule has 1 atom stereocenters. The molecular weight excluding hydrogens is 236 g/mol. The lowest BCUT2D eigenvalue weighted by molar-refractivity contribution is 0.172. The topological polar surface area (TPSA) is 33.1 Å². The molecule has 4 heteroatoms. The van der Waals surface area contributed by atoms with Crippen molar-refractivity contribution in [1.82, 2.24) is 19.8 Å². The molecule has 1 aromatic heterocycles. The van der Waals surface area contributed by atoms with Gasteiger partial charge in [0.15, 0.2) is 0 Å². The number of rotatable bonds is 6. The first-order valence-corrected chi connectivity index (χ1v) is 7.57. The van der Waals surface area contributed by atoms with E-state index in [2.05, 4.69) is 40.7 Å². The van der Waals surface area contributed by atoms with E-state index in [1.165, 1.54) is 38.3 Å². The van der Waals surface area contributed by atoms with Gasteiger partial charge in [-0.05, 0) is 45.7 Å². The number of piperidine rings is 1. The molecule has 2 rings (SSSR count). The molecule has 0 aliphatic carbocycles. The van der Waals surface area contributed by atoms with Gasteiger partial charge in [0.2, 0.25) is 0 Å². The predicted molar refractivity (Wildman–Crippen MR) is 79.2 cm³/mol. The minimum absolute atomic E-state index is 0.613.